The van der Waals surface area contributed by atoms with Gasteiger partial charge in [-0.05, 0) is 47.5 Å². The molecule has 24 heteroatoms. The fourth-order valence-electron chi connectivity index (χ4n) is 5.70. The highest BCUT2D eigenvalue weighted by Crippen LogP contribution is 2.54. The van der Waals surface area contributed by atoms with Crippen LogP contribution < -0.4 is 0 Å². The van der Waals surface area contributed by atoms with Crippen LogP contribution in [0.1, 0.15) is 12.5 Å². The molecule has 3 fully saturated rings. The molecule has 16 nitrogen and oxygen atoms in total. The summed E-state index contributed by atoms with van der Waals surface area (Å²) < 4.78 is 61.7. The van der Waals surface area contributed by atoms with Gasteiger partial charge in [0.2, 0.25) is 10.6 Å². The number of hydrogen-bond donors (Lipinski definition) is 4. The van der Waals surface area contributed by atoms with Gasteiger partial charge in [-0.15, -0.1) is 0 Å². The van der Waals surface area contributed by atoms with E-state index >= 15 is 0 Å². The maximum Gasteiger partial charge on any atom is 0.472 e. The van der Waals surface area contributed by atoms with Crippen molar-refractivity contribution < 1.29 is 56.7 Å². The highest BCUT2D eigenvalue weighted by atomic mass is 35.5. The van der Waals surface area contributed by atoms with Crippen molar-refractivity contribution in [2.24, 2.45) is 0 Å². The molecule has 7 rings (SSSR count). The number of imidazole rings is 2. The molecule has 5 heterocycles. The summed E-state index contributed by atoms with van der Waals surface area (Å²) in [7, 11) is -10.2. The maximum atomic E-state index is 13.2. The minimum absolute atomic E-state index is 0.126. The van der Waals surface area contributed by atoms with Crippen LogP contribution in [0, 0.1) is 0 Å². The summed E-state index contributed by atoms with van der Waals surface area (Å²) in [5.41, 5.74) is 1.08. The molecule has 4 aromatic rings. The van der Waals surface area contributed by atoms with Gasteiger partial charge < -0.3 is 29.5 Å². The van der Waals surface area contributed by atoms with Crippen molar-refractivity contribution in [3.8, 4) is 0 Å². The van der Waals surface area contributed by atoms with E-state index in [1.54, 1.807) is 0 Å². The lowest BCUT2D eigenvalue weighted by Crippen LogP contribution is -2.39. The van der Waals surface area contributed by atoms with E-state index in [0.717, 1.165) is 0 Å². The summed E-state index contributed by atoms with van der Waals surface area (Å²) in [4.78, 5) is 29.8. The largest absolute Gasteiger partial charge is 0.472 e. The maximum absolute atomic E-state index is 13.2. The first kappa shape index (κ1) is 35.6. The van der Waals surface area contributed by atoms with Crippen LogP contribution in [0.15, 0.2) is 24.3 Å². The number of nitrogens with zero attached hydrogens (tertiary/aromatic N) is 4. The van der Waals surface area contributed by atoms with E-state index in [1.807, 2.05) is 0 Å². The molecule has 48 heavy (non-hydrogen) atoms. The molecule has 0 amide bonds. The van der Waals surface area contributed by atoms with E-state index in [1.165, 1.54) is 33.4 Å². The zero-order chi connectivity index (χ0) is 34.4. The van der Waals surface area contributed by atoms with Crippen molar-refractivity contribution in [3.05, 3.63) is 54.9 Å². The second kappa shape index (κ2) is 13.0. The summed E-state index contributed by atoms with van der Waals surface area (Å²) in [6.07, 6.45) is -12.8. The van der Waals surface area contributed by atoms with Gasteiger partial charge >= 0.3 is 15.6 Å². The first-order chi connectivity index (χ1) is 22.5. The summed E-state index contributed by atoms with van der Waals surface area (Å²) >= 11 is 37.2. The number of halogens is 6. The van der Waals surface area contributed by atoms with Gasteiger partial charge in [-0.2, -0.15) is 0 Å². The van der Waals surface area contributed by atoms with Crippen molar-refractivity contribution in [1.82, 2.24) is 19.1 Å². The highest BCUT2D eigenvalue weighted by molar-refractivity contribution is 7.47. The molecule has 0 radical (unpaired) electrons. The Kier molecular flexibility index (Phi) is 9.63. The molecule has 3 aliphatic heterocycles. The van der Waals surface area contributed by atoms with E-state index in [4.69, 9.17) is 97.2 Å². The first-order valence-corrected chi connectivity index (χ1v) is 18.8. The van der Waals surface area contributed by atoms with E-state index in [2.05, 4.69) is 9.97 Å². The Hall–Kier alpha value is -0.820. The summed E-state index contributed by atoms with van der Waals surface area (Å²) in [6.45, 7) is -1.67. The lowest BCUT2D eigenvalue weighted by Gasteiger charge is -2.27. The second-order valence-corrected chi connectivity index (χ2v) is 15.9. The van der Waals surface area contributed by atoms with E-state index in [9.17, 15) is 29.1 Å². The van der Waals surface area contributed by atoms with E-state index in [-0.39, 0.29) is 52.7 Å². The number of aliphatic hydroxyl groups is 2. The third kappa shape index (κ3) is 6.42. The minimum Gasteiger partial charge on any atom is -0.386 e. The number of fused-ring (bicyclic) bond motifs is 4. The van der Waals surface area contributed by atoms with Gasteiger partial charge in [-0.1, -0.05) is 46.4 Å². The van der Waals surface area contributed by atoms with Crippen LogP contribution in [0.2, 0.25) is 30.7 Å². The Morgan fingerprint density at radius 3 is 1.38 bits per heavy atom. The van der Waals surface area contributed by atoms with Crippen LogP contribution in [0.25, 0.3) is 22.1 Å². The standard InChI is InChI=1S/C24H20Cl6N4O12P2/c25-7-1-11-13(3-9(7)27)33(23(29)31-11)21-17(35)19-15(43-21)5-41-48(39,40)46-20-16(6-42-47(37,38)45-19)44-22(18(20)36)34-14-4-10(28)8(26)2-12(14)32-24(34)30/h1-4,15-22,35-36H,5-6H2,(H,37,38)(H,39,40)/t15-,16-,17+,18?,19?,20+,21-,22-/m1/s1. The van der Waals surface area contributed by atoms with Crippen LogP contribution in [-0.2, 0) is 36.7 Å². The average Bonchev–Trinajstić information content (AvgIpc) is 3.67. The Morgan fingerprint density at radius 1 is 0.646 bits per heavy atom. The molecule has 3 saturated heterocycles. The number of rotatable bonds is 2. The average molecular weight is 831 g/mol. The zero-order valence-electron chi connectivity index (χ0n) is 23.3. The molecule has 10 atom stereocenters. The molecule has 4 N–H and O–H groups in total. The van der Waals surface area contributed by atoms with Crippen molar-refractivity contribution in [3.63, 3.8) is 0 Å². The Labute approximate surface area is 299 Å². The molecule has 260 valence electrons. The molecule has 4 unspecified atom stereocenters. The first-order valence-electron chi connectivity index (χ1n) is 13.6. The number of ether oxygens (including phenoxy) is 2. The van der Waals surface area contributed by atoms with Crippen molar-refractivity contribution in [2.45, 2.75) is 49.1 Å². The van der Waals surface area contributed by atoms with E-state index in [0.29, 0.717) is 0 Å². The second-order valence-electron chi connectivity index (χ2n) is 10.8. The van der Waals surface area contributed by atoms with Crippen LogP contribution in [-0.4, -0.2) is 88.9 Å². The number of aliphatic hydroxyl groups excluding tert-OH is 2. The fraction of sp³-hybridized carbons (Fsp3) is 0.417. The zero-order valence-corrected chi connectivity index (χ0v) is 29.7. The van der Waals surface area contributed by atoms with Gasteiger partial charge in [0, 0.05) is 0 Å². The lowest BCUT2D eigenvalue weighted by molar-refractivity contribution is -0.0662. The monoisotopic (exact) mass is 828 g/mol. The summed E-state index contributed by atoms with van der Waals surface area (Å²) in [6, 6.07) is 5.67. The van der Waals surface area contributed by atoms with Crippen LogP contribution in [0.5, 0.6) is 0 Å². The molecule has 2 aromatic carbocycles. The Bertz CT molecular complexity index is 1890. The van der Waals surface area contributed by atoms with Gasteiger partial charge in [-0.25, -0.2) is 19.1 Å². The molecule has 0 saturated carbocycles. The Morgan fingerprint density at radius 2 is 1.00 bits per heavy atom. The fourth-order valence-corrected chi connectivity index (χ4v) is 8.82. The van der Waals surface area contributed by atoms with Crippen LogP contribution in [0.3, 0.4) is 0 Å². The lowest BCUT2D eigenvalue weighted by atomic mass is 10.1. The molecule has 3 aliphatic rings. The van der Waals surface area contributed by atoms with Crippen molar-refractivity contribution in [2.75, 3.05) is 13.2 Å². The SMILES string of the molecule is O=P1(O)OC[C@H]2O[C@@H](n3c(Cl)nc4cc(Cl)c(Cl)cc43)C(O)[C@H]2OP(=O)(O)OC[C@H]2O[C@@H](n3c(Cl)nc4cc(Cl)c(Cl)cc43)[C@@H](O)C2O1. The summed E-state index contributed by atoms with van der Waals surface area (Å²) in [5, 5.41) is 22.8. The predicted molar refractivity (Wildman–Crippen MR) is 171 cm³/mol. The Balaban J connectivity index is 1.18. The molecular weight excluding hydrogens is 811 g/mol. The molecular formula is C24H20Cl6N4O12P2. The third-order valence-electron chi connectivity index (χ3n) is 7.82. The van der Waals surface area contributed by atoms with Crippen LogP contribution >= 0.6 is 85.3 Å². The van der Waals surface area contributed by atoms with Crippen molar-refractivity contribution >= 4 is 107 Å². The quantitative estimate of drug-likeness (QED) is 0.183. The molecule has 0 bridgehead atoms. The highest BCUT2D eigenvalue weighted by Gasteiger charge is 2.54. The van der Waals surface area contributed by atoms with Gasteiger partial charge in [0.25, 0.3) is 0 Å². The van der Waals surface area contributed by atoms with Crippen LogP contribution in [0.4, 0.5) is 0 Å². The summed E-state index contributed by atoms with van der Waals surface area (Å²) in [5.74, 6) is 0. The molecule has 0 spiro atoms. The number of benzene rings is 2. The van der Waals surface area contributed by atoms with E-state index < -0.39 is 77.9 Å². The molecule has 0 aliphatic carbocycles. The molecule has 2 aromatic heterocycles. The number of phosphoric acid groups is 2. The normalized spacial score (nSPS) is 36.2. The van der Waals surface area contributed by atoms with Crippen molar-refractivity contribution in [1.29, 1.82) is 0 Å². The smallest absolute Gasteiger partial charge is 0.386 e. The van der Waals surface area contributed by atoms with Gasteiger partial charge in [0.15, 0.2) is 12.5 Å². The number of phosphoric ester groups is 2. The third-order valence-corrected chi connectivity index (χ3v) is 11.8. The van der Waals surface area contributed by atoms with Gasteiger partial charge in [0.1, 0.15) is 36.6 Å². The predicted octanol–water partition coefficient (Wildman–Crippen LogP) is 5.54. The minimum atomic E-state index is -5.08. The number of aromatic nitrogens is 4. The number of hydrogen-bond acceptors (Lipinski definition) is 12. The topological polar surface area (TPSA) is 206 Å². The van der Waals surface area contributed by atoms with Gasteiger partial charge in [0.05, 0.1) is 55.4 Å². The van der Waals surface area contributed by atoms with Gasteiger partial charge in [-0.3, -0.25) is 27.2 Å².